The number of guanidine groups is 1. The van der Waals surface area contributed by atoms with E-state index in [0.717, 1.165) is 0 Å². The SMILES string of the molecule is CCOc1cccc(CNC(=NC)NCCc2ccccc2F)c1OC(F)F.I. The number of benzene rings is 2. The first-order chi connectivity index (χ1) is 13.5. The van der Waals surface area contributed by atoms with E-state index in [1.54, 1.807) is 50.4 Å². The van der Waals surface area contributed by atoms with Crippen LogP contribution in [0.4, 0.5) is 13.2 Å². The van der Waals surface area contributed by atoms with Gasteiger partial charge in [-0.05, 0) is 31.0 Å². The van der Waals surface area contributed by atoms with E-state index in [2.05, 4.69) is 20.4 Å². The lowest BCUT2D eigenvalue weighted by molar-refractivity contribution is -0.0520. The first-order valence-electron chi connectivity index (χ1n) is 8.92. The number of ether oxygens (including phenoxy) is 2. The van der Waals surface area contributed by atoms with Gasteiger partial charge in [0.05, 0.1) is 6.61 Å². The lowest BCUT2D eigenvalue weighted by Gasteiger charge is -2.17. The van der Waals surface area contributed by atoms with Gasteiger partial charge in [-0.15, -0.1) is 24.0 Å². The fraction of sp³-hybridized carbons (Fsp3) is 0.350. The van der Waals surface area contributed by atoms with Crippen molar-refractivity contribution in [1.82, 2.24) is 10.6 Å². The van der Waals surface area contributed by atoms with Crippen LogP contribution < -0.4 is 20.1 Å². The van der Waals surface area contributed by atoms with Crippen LogP contribution in [0.2, 0.25) is 0 Å². The molecule has 9 heteroatoms. The van der Waals surface area contributed by atoms with Gasteiger partial charge in [-0.3, -0.25) is 4.99 Å². The van der Waals surface area contributed by atoms with Crippen molar-refractivity contribution < 1.29 is 22.6 Å². The van der Waals surface area contributed by atoms with E-state index in [-0.39, 0.29) is 47.8 Å². The van der Waals surface area contributed by atoms with Gasteiger partial charge in [-0.2, -0.15) is 8.78 Å². The smallest absolute Gasteiger partial charge is 0.387 e. The number of para-hydroxylation sites is 1. The summed E-state index contributed by atoms with van der Waals surface area (Å²) in [6.45, 7) is -0.213. The van der Waals surface area contributed by atoms with Crippen LogP contribution in [0, 0.1) is 5.82 Å². The zero-order chi connectivity index (χ0) is 20.4. The van der Waals surface area contributed by atoms with E-state index in [1.165, 1.54) is 6.07 Å². The Morgan fingerprint density at radius 2 is 1.79 bits per heavy atom. The van der Waals surface area contributed by atoms with E-state index in [9.17, 15) is 13.2 Å². The Balaban J connectivity index is 0.00000420. The Bertz CT molecular complexity index is 791. The Morgan fingerprint density at radius 1 is 1.07 bits per heavy atom. The van der Waals surface area contributed by atoms with Crippen LogP contribution in [0.15, 0.2) is 47.5 Å². The summed E-state index contributed by atoms with van der Waals surface area (Å²) in [5.74, 6) is 0.452. The molecule has 0 aliphatic heterocycles. The molecule has 0 aromatic heterocycles. The highest BCUT2D eigenvalue weighted by Gasteiger charge is 2.16. The molecule has 2 aromatic rings. The van der Waals surface area contributed by atoms with Gasteiger partial charge >= 0.3 is 6.61 Å². The molecule has 0 amide bonds. The van der Waals surface area contributed by atoms with Crippen LogP contribution in [0.1, 0.15) is 18.1 Å². The van der Waals surface area contributed by atoms with Crippen LogP contribution in [-0.4, -0.2) is 32.8 Å². The lowest BCUT2D eigenvalue weighted by atomic mass is 10.1. The molecule has 29 heavy (non-hydrogen) atoms. The maximum Gasteiger partial charge on any atom is 0.387 e. The number of halogens is 4. The highest BCUT2D eigenvalue weighted by molar-refractivity contribution is 14.0. The largest absolute Gasteiger partial charge is 0.490 e. The fourth-order valence-corrected chi connectivity index (χ4v) is 2.61. The van der Waals surface area contributed by atoms with Gasteiger partial charge in [-0.1, -0.05) is 30.3 Å². The first kappa shape index (κ1) is 24.9. The maximum absolute atomic E-state index is 13.7. The summed E-state index contributed by atoms with van der Waals surface area (Å²) in [6, 6.07) is 11.5. The highest BCUT2D eigenvalue weighted by Crippen LogP contribution is 2.32. The predicted octanol–water partition coefficient (Wildman–Crippen LogP) is 4.35. The third kappa shape index (κ3) is 8.00. The molecule has 0 fully saturated rings. The second-order valence-corrected chi connectivity index (χ2v) is 5.75. The van der Waals surface area contributed by atoms with Crippen molar-refractivity contribution >= 4 is 29.9 Å². The van der Waals surface area contributed by atoms with Gasteiger partial charge in [0.25, 0.3) is 0 Å². The summed E-state index contributed by atoms with van der Waals surface area (Å²) in [7, 11) is 1.59. The topological polar surface area (TPSA) is 54.9 Å². The molecular formula is C20H25F3IN3O2. The molecule has 5 nitrogen and oxygen atoms in total. The number of hydrogen-bond donors (Lipinski definition) is 2. The molecule has 0 saturated carbocycles. The number of nitrogens with one attached hydrogen (secondary N) is 2. The molecule has 2 rings (SSSR count). The molecule has 0 spiro atoms. The summed E-state index contributed by atoms with van der Waals surface area (Å²) in [5, 5.41) is 6.10. The molecule has 0 aliphatic carbocycles. The van der Waals surface area contributed by atoms with Gasteiger partial charge in [0.2, 0.25) is 0 Å². The van der Waals surface area contributed by atoms with Crippen LogP contribution in [0.3, 0.4) is 0 Å². The third-order valence-electron chi connectivity index (χ3n) is 3.88. The van der Waals surface area contributed by atoms with Crippen molar-refractivity contribution in [2.45, 2.75) is 26.5 Å². The van der Waals surface area contributed by atoms with E-state index in [4.69, 9.17) is 4.74 Å². The second kappa shape index (κ2) is 13.1. The van der Waals surface area contributed by atoms with Crippen molar-refractivity contribution in [1.29, 1.82) is 0 Å². The fourth-order valence-electron chi connectivity index (χ4n) is 2.61. The highest BCUT2D eigenvalue weighted by atomic mass is 127. The Hall–Kier alpha value is -2.17. The Kier molecular flexibility index (Phi) is 11.3. The molecule has 0 radical (unpaired) electrons. The van der Waals surface area contributed by atoms with E-state index >= 15 is 0 Å². The zero-order valence-corrected chi connectivity index (χ0v) is 18.6. The molecule has 2 aromatic carbocycles. The summed E-state index contributed by atoms with van der Waals surface area (Å²) in [5.41, 5.74) is 1.10. The molecule has 0 heterocycles. The Labute approximate surface area is 185 Å². The minimum Gasteiger partial charge on any atom is -0.490 e. The second-order valence-electron chi connectivity index (χ2n) is 5.75. The lowest BCUT2D eigenvalue weighted by Crippen LogP contribution is -2.38. The van der Waals surface area contributed by atoms with Crippen LogP contribution in [0.5, 0.6) is 11.5 Å². The molecule has 0 bridgehead atoms. The summed E-state index contributed by atoms with van der Waals surface area (Å²) >= 11 is 0. The number of rotatable bonds is 9. The predicted molar refractivity (Wildman–Crippen MR) is 118 cm³/mol. The molecule has 0 aliphatic rings. The van der Waals surface area contributed by atoms with Gasteiger partial charge < -0.3 is 20.1 Å². The molecular weight excluding hydrogens is 498 g/mol. The van der Waals surface area contributed by atoms with Crippen LogP contribution in [0.25, 0.3) is 0 Å². The zero-order valence-electron chi connectivity index (χ0n) is 16.3. The average molecular weight is 523 g/mol. The number of alkyl halides is 2. The molecule has 160 valence electrons. The minimum atomic E-state index is -2.96. The van der Waals surface area contributed by atoms with E-state index in [0.29, 0.717) is 36.7 Å². The van der Waals surface area contributed by atoms with Gasteiger partial charge in [0, 0.05) is 25.7 Å². The van der Waals surface area contributed by atoms with E-state index in [1.807, 2.05) is 0 Å². The normalized spacial score (nSPS) is 11.0. The van der Waals surface area contributed by atoms with Crippen LogP contribution >= 0.6 is 24.0 Å². The summed E-state index contributed by atoms with van der Waals surface area (Å²) < 4.78 is 49.2. The third-order valence-corrected chi connectivity index (χ3v) is 3.88. The van der Waals surface area contributed by atoms with Crippen molar-refractivity contribution in [3.8, 4) is 11.5 Å². The number of nitrogens with zero attached hydrogens (tertiary/aromatic N) is 1. The standard InChI is InChI=1S/C20H24F3N3O2.HI/c1-3-27-17-10-6-8-15(18(17)28-19(22)23)13-26-20(24-2)25-12-11-14-7-4-5-9-16(14)21;/h4-10,19H,3,11-13H2,1-2H3,(H2,24,25,26);1H. The molecule has 0 atom stereocenters. The molecule has 0 saturated heterocycles. The summed E-state index contributed by atoms with van der Waals surface area (Å²) in [6.07, 6.45) is 0.479. The van der Waals surface area contributed by atoms with Crippen molar-refractivity contribution in [2.24, 2.45) is 4.99 Å². The quantitative estimate of drug-likeness (QED) is 0.292. The van der Waals surface area contributed by atoms with Gasteiger partial charge in [0.1, 0.15) is 5.82 Å². The monoisotopic (exact) mass is 523 g/mol. The van der Waals surface area contributed by atoms with Crippen molar-refractivity contribution in [3.05, 3.63) is 59.4 Å². The van der Waals surface area contributed by atoms with Crippen molar-refractivity contribution in [2.75, 3.05) is 20.2 Å². The number of hydrogen-bond acceptors (Lipinski definition) is 3. The maximum atomic E-state index is 13.7. The first-order valence-corrected chi connectivity index (χ1v) is 8.92. The Morgan fingerprint density at radius 3 is 2.45 bits per heavy atom. The van der Waals surface area contributed by atoms with Gasteiger partial charge in [0.15, 0.2) is 17.5 Å². The average Bonchev–Trinajstić information content (AvgIpc) is 2.67. The molecule has 2 N–H and O–H groups in total. The van der Waals surface area contributed by atoms with Crippen LogP contribution in [-0.2, 0) is 13.0 Å². The molecule has 0 unspecified atom stereocenters. The number of aliphatic imine (C=N–C) groups is 1. The van der Waals surface area contributed by atoms with Gasteiger partial charge in [-0.25, -0.2) is 4.39 Å². The summed E-state index contributed by atoms with van der Waals surface area (Å²) in [4.78, 5) is 4.09. The minimum absolute atomic E-state index is 0. The van der Waals surface area contributed by atoms with Crippen molar-refractivity contribution in [3.63, 3.8) is 0 Å². The van der Waals surface area contributed by atoms with E-state index < -0.39 is 6.61 Å².